The van der Waals surface area contributed by atoms with Crippen LogP contribution in [0.25, 0.3) is 0 Å². The molecule has 26 heavy (non-hydrogen) atoms. The second-order valence-corrected chi connectivity index (χ2v) is 7.52. The number of benzene rings is 1. The van der Waals surface area contributed by atoms with Crippen molar-refractivity contribution in [1.29, 1.82) is 0 Å². The Hall–Kier alpha value is -2.08. The van der Waals surface area contributed by atoms with Gasteiger partial charge < -0.3 is 20.6 Å². The molecule has 2 aliphatic rings. The van der Waals surface area contributed by atoms with Crippen LogP contribution < -0.4 is 5.73 Å². The Bertz CT molecular complexity index is 616. The van der Waals surface area contributed by atoms with Gasteiger partial charge in [0.2, 0.25) is 0 Å². The van der Waals surface area contributed by atoms with Gasteiger partial charge in [-0.15, -0.1) is 0 Å². The summed E-state index contributed by atoms with van der Waals surface area (Å²) in [6, 6.07) is 8.63. The van der Waals surface area contributed by atoms with Gasteiger partial charge in [0.05, 0.1) is 0 Å². The highest BCUT2D eigenvalue weighted by molar-refractivity contribution is 5.74. The molecule has 0 unspecified atom stereocenters. The number of carbonyl (C=O) groups is 2. The summed E-state index contributed by atoms with van der Waals surface area (Å²) in [5.41, 5.74) is 8.14. The predicted molar refractivity (Wildman–Crippen MR) is 99.8 cm³/mol. The summed E-state index contributed by atoms with van der Waals surface area (Å²) < 4.78 is 0. The molecule has 1 aromatic rings. The van der Waals surface area contributed by atoms with Gasteiger partial charge in [-0.25, -0.2) is 4.79 Å². The molecule has 0 radical (unpaired) electrons. The molecule has 0 atom stereocenters. The quantitative estimate of drug-likeness (QED) is 0.865. The summed E-state index contributed by atoms with van der Waals surface area (Å²) in [5, 5.41) is 8.90. The fourth-order valence-corrected chi connectivity index (χ4v) is 4.11. The number of nitrogens with zero attached hydrogens (tertiary/aromatic N) is 2. The average Bonchev–Trinajstić information content (AvgIpc) is 2.68. The number of aliphatic carboxylic acids is 1. The highest BCUT2D eigenvalue weighted by Gasteiger charge is 2.30. The number of nitrogens with two attached hydrogens (primary N) is 1. The van der Waals surface area contributed by atoms with Crippen LogP contribution in [0.15, 0.2) is 24.3 Å². The van der Waals surface area contributed by atoms with Crippen LogP contribution in [0.4, 0.5) is 4.79 Å². The number of amides is 2. The van der Waals surface area contributed by atoms with Crippen LogP contribution in [0.1, 0.15) is 49.1 Å². The van der Waals surface area contributed by atoms with Crippen molar-refractivity contribution in [2.24, 2.45) is 11.7 Å². The minimum Gasteiger partial charge on any atom is -0.481 e. The van der Waals surface area contributed by atoms with Gasteiger partial charge in [0.25, 0.3) is 0 Å². The maximum absolute atomic E-state index is 12.7. The first-order chi connectivity index (χ1) is 12.6. The number of likely N-dealkylation sites (tertiary alicyclic amines) is 2. The molecule has 0 saturated carbocycles. The first-order valence-electron chi connectivity index (χ1n) is 9.61. The molecule has 0 aliphatic carbocycles. The highest BCUT2D eigenvalue weighted by Crippen LogP contribution is 2.29. The fraction of sp³-hybridized carbons (Fsp3) is 0.600. The zero-order valence-electron chi connectivity index (χ0n) is 15.3. The third kappa shape index (κ3) is 4.55. The van der Waals surface area contributed by atoms with Crippen molar-refractivity contribution < 1.29 is 14.7 Å². The van der Waals surface area contributed by atoms with Gasteiger partial charge in [-0.1, -0.05) is 24.3 Å². The van der Waals surface area contributed by atoms with Crippen LogP contribution >= 0.6 is 0 Å². The third-order valence-electron chi connectivity index (χ3n) is 5.80. The second kappa shape index (κ2) is 8.54. The molecule has 2 saturated heterocycles. The van der Waals surface area contributed by atoms with Gasteiger partial charge >= 0.3 is 12.0 Å². The van der Waals surface area contributed by atoms with E-state index in [4.69, 9.17) is 10.8 Å². The van der Waals surface area contributed by atoms with Crippen LogP contribution in [-0.4, -0.2) is 53.1 Å². The molecule has 2 heterocycles. The number of carbonyl (C=O) groups excluding carboxylic acids is 1. The molecule has 3 rings (SSSR count). The zero-order valence-corrected chi connectivity index (χ0v) is 15.3. The number of carboxylic acid groups (broad SMARTS) is 1. The molecular weight excluding hydrogens is 330 g/mol. The molecule has 0 bridgehead atoms. The Morgan fingerprint density at radius 2 is 1.50 bits per heavy atom. The fourth-order valence-electron chi connectivity index (χ4n) is 4.11. The lowest BCUT2D eigenvalue weighted by molar-refractivity contribution is -0.138. The van der Waals surface area contributed by atoms with E-state index in [0.717, 1.165) is 44.3 Å². The van der Waals surface area contributed by atoms with Crippen LogP contribution in [0.3, 0.4) is 0 Å². The van der Waals surface area contributed by atoms with E-state index in [9.17, 15) is 9.59 Å². The molecule has 0 aromatic heterocycles. The lowest BCUT2D eigenvalue weighted by Crippen LogP contribution is -2.49. The van der Waals surface area contributed by atoms with E-state index >= 15 is 0 Å². The molecule has 6 nitrogen and oxygen atoms in total. The Labute approximate surface area is 155 Å². The van der Waals surface area contributed by atoms with Crippen molar-refractivity contribution >= 4 is 12.0 Å². The molecule has 142 valence electrons. The largest absolute Gasteiger partial charge is 0.481 e. The summed E-state index contributed by atoms with van der Waals surface area (Å²) in [5.74, 6) is -0.0256. The van der Waals surface area contributed by atoms with Gasteiger partial charge in [0.1, 0.15) is 0 Å². The molecule has 1 aromatic carbocycles. The molecule has 6 heteroatoms. The highest BCUT2D eigenvalue weighted by atomic mass is 16.4. The molecular formula is C20H29N3O3. The van der Waals surface area contributed by atoms with Crippen molar-refractivity contribution in [3.63, 3.8) is 0 Å². The Balaban J connectivity index is 1.47. The van der Waals surface area contributed by atoms with Crippen molar-refractivity contribution in [3.8, 4) is 0 Å². The van der Waals surface area contributed by atoms with E-state index in [-0.39, 0.29) is 18.4 Å². The maximum Gasteiger partial charge on any atom is 0.319 e. The van der Waals surface area contributed by atoms with Crippen molar-refractivity contribution in [2.75, 3.05) is 26.2 Å². The van der Waals surface area contributed by atoms with Gasteiger partial charge in [0, 0.05) is 39.1 Å². The van der Waals surface area contributed by atoms with E-state index in [0.29, 0.717) is 25.6 Å². The zero-order chi connectivity index (χ0) is 18.5. The number of hydrogen-bond donors (Lipinski definition) is 2. The molecule has 2 aliphatic heterocycles. The van der Waals surface area contributed by atoms with Gasteiger partial charge in [-0.2, -0.15) is 0 Å². The molecule has 2 fully saturated rings. The van der Waals surface area contributed by atoms with E-state index in [1.807, 2.05) is 9.80 Å². The maximum atomic E-state index is 12.7. The SMILES string of the molecule is NCc1ccc(C2CCN(C(=O)N3CCC(CC(=O)O)CC3)CC2)cc1. The summed E-state index contributed by atoms with van der Waals surface area (Å²) in [6.45, 7) is 3.50. The Morgan fingerprint density at radius 3 is 2.00 bits per heavy atom. The first kappa shape index (κ1) is 18.7. The van der Waals surface area contributed by atoms with E-state index < -0.39 is 5.97 Å². The minimum absolute atomic E-state index is 0.121. The summed E-state index contributed by atoms with van der Waals surface area (Å²) in [7, 11) is 0. The number of hydrogen-bond acceptors (Lipinski definition) is 3. The number of rotatable bonds is 4. The van der Waals surface area contributed by atoms with Crippen LogP contribution in [0.2, 0.25) is 0 Å². The van der Waals surface area contributed by atoms with Crippen molar-refractivity contribution in [3.05, 3.63) is 35.4 Å². The Kier molecular flexibility index (Phi) is 6.14. The van der Waals surface area contributed by atoms with Gasteiger partial charge in [0.15, 0.2) is 0 Å². The molecule has 0 spiro atoms. The number of urea groups is 1. The standard InChI is InChI=1S/C20H29N3O3/c21-14-16-1-3-17(4-2-16)18-7-11-23(12-8-18)20(26)22-9-5-15(6-10-22)13-19(24)25/h1-4,15,18H,5-14,21H2,(H,24,25). The smallest absolute Gasteiger partial charge is 0.319 e. The molecule has 3 N–H and O–H groups in total. The third-order valence-corrected chi connectivity index (χ3v) is 5.80. The number of piperidine rings is 2. The Morgan fingerprint density at radius 1 is 0.962 bits per heavy atom. The van der Waals surface area contributed by atoms with Crippen LogP contribution in [0, 0.1) is 5.92 Å². The number of carboxylic acids is 1. The van der Waals surface area contributed by atoms with Gasteiger partial charge in [-0.05, 0) is 48.6 Å². The second-order valence-electron chi connectivity index (χ2n) is 7.52. The van der Waals surface area contributed by atoms with E-state index in [1.54, 1.807) is 0 Å². The summed E-state index contributed by atoms with van der Waals surface area (Å²) >= 11 is 0. The monoisotopic (exact) mass is 359 g/mol. The van der Waals surface area contributed by atoms with Crippen molar-refractivity contribution in [1.82, 2.24) is 9.80 Å². The van der Waals surface area contributed by atoms with Crippen molar-refractivity contribution in [2.45, 2.75) is 44.6 Å². The van der Waals surface area contributed by atoms with E-state index in [1.165, 1.54) is 5.56 Å². The summed E-state index contributed by atoms with van der Waals surface area (Å²) in [4.78, 5) is 27.4. The van der Waals surface area contributed by atoms with E-state index in [2.05, 4.69) is 24.3 Å². The van der Waals surface area contributed by atoms with Gasteiger partial charge in [-0.3, -0.25) is 4.79 Å². The lowest BCUT2D eigenvalue weighted by Gasteiger charge is -2.38. The topological polar surface area (TPSA) is 86.9 Å². The normalized spacial score (nSPS) is 19.6. The van der Waals surface area contributed by atoms with Crippen LogP contribution in [-0.2, 0) is 11.3 Å². The summed E-state index contributed by atoms with van der Waals surface area (Å²) in [6.07, 6.45) is 3.78. The predicted octanol–water partition coefficient (Wildman–Crippen LogP) is 2.63. The first-order valence-corrected chi connectivity index (χ1v) is 9.61. The lowest BCUT2D eigenvalue weighted by atomic mass is 9.89. The molecule has 2 amide bonds. The van der Waals surface area contributed by atoms with Crippen LogP contribution in [0.5, 0.6) is 0 Å². The average molecular weight is 359 g/mol. The minimum atomic E-state index is -0.739.